The number of hydrogen-bond donors (Lipinski definition) is 1. The molecule has 6 heteroatoms. The fourth-order valence-corrected chi connectivity index (χ4v) is 0. The van der Waals surface area contributed by atoms with Crippen LogP contribution in [0.4, 0.5) is 0 Å². The molecule has 1 N–H and O–H groups in total. The average molecular weight is 316 g/mol. The van der Waals surface area contributed by atoms with Gasteiger partial charge in [-0.25, -0.2) is 5.26 Å². The molecule has 0 saturated carbocycles. The van der Waals surface area contributed by atoms with Crippen LogP contribution in [0.5, 0.6) is 0 Å². The summed E-state index contributed by atoms with van der Waals surface area (Å²) >= 11 is 1.50. The predicted molar refractivity (Wildman–Crippen MR) is 15.8 cm³/mol. The molecule has 4 nitrogen and oxygen atoms in total. The van der Waals surface area contributed by atoms with E-state index in [-0.39, 0.29) is 68.9 Å². The quantitative estimate of drug-likeness (QED) is 0.293. The molecule has 0 rings (SSSR count). The SMILES string of the molecule is O=[C-]OO.[Cs].[O]=[Pd]. The van der Waals surface area contributed by atoms with Crippen molar-refractivity contribution in [3.8, 4) is 0 Å². The Morgan fingerprint density at radius 2 is 1.71 bits per heavy atom. The van der Waals surface area contributed by atoms with Crippen molar-refractivity contribution in [2.75, 3.05) is 0 Å². The zero-order chi connectivity index (χ0) is 5.41. The van der Waals surface area contributed by atoms with Gasteiger partial charge in [0.2, 0.25) is 0 Å². The molecule has 7 heavy (non-hydrogen) atoms. The first-order chi connectivity index (χ1) is 2.91. The fourth-order valence-electron chi connectivity index (χ4n) is 0. The van der Waals surface area contributed by atoms with E-state index in [2.05, 4.69) is 4.89 Å². The molecule has 0 aliphatic rings. The summed E-state index contributed by atoms with van der Waals surface area (Å²) in [5, 5.41) is 6.95. The van der Waals surface area contributed by atoms with Crippen LogP contribution in [0.25, 0.3) is 0 Å². The van der Waals surface area contributed by atoms with Crippen molar-refractivity contribution in [3.63, 3.8) is 0 Å². The van der Waals surface area contributed by atoms with Gasteiger partial charge < -0.3 is 9.68 Å². The summed E-state index contributed by atoms with van der Waals surface area (Å²) in [7, 11) is 0. The molecule has 0 aromatic heterocycles. The van der Waals surface area contributed by atoms with Gasteiger partial charge in [0, 0.05) is 68.9 Å². The normalized spacial score (nSPS) is 3.86. The first kappa shape index (κ1) is 16.0. The molecular formula is CHCsO4Pd-. The third-order valence-corrected chi connectivity index (χ3v) is 0.0373. The van der Waals surface area contributed by atoms with Crippen LogP contribution in [0.15, 0.2) is 0 Å². The van der Waals surface area contributed by atoms with Gasteiger partial charge in [-0.2, -0.15) is 0 Å². The predicted octanol–water partition coefficient (Wildman–Crippen LogP) is -0.959. The fraction of sp³-hybridized carbons (Fsp3) is 0. The van der Waals surface area contributed by atoms with E-state index in [0.29, 0.717) is 0 Å². The second-order valence-electron chi connectivity index (χ2n) is 0.175. The maximum atomic E-state index is 8.58. The Bertz CT molecular complexity index is 32.9. The summed E-state index contributed by atoms with van der Waals surface area (Å²) < 4.78 is 8.10. The minimum absolute atomic E-state index is 0. The van der Waals surface area contributed by atoms with Crippen LogP contribution < -0.4 is 0 Å². The van der Waals surface area contributed by atoms with Crippen LogP contribution in [0.1, 0.15) is 0 Å². The standard InChI is InChI=1S/CHO3.Cs.O.Pd/c2-1-4-3;;;/h3H;;;/q-1;;;. The summed E-state index contributed by atoms with van der Waals surface area (Å²) in [5.41, 5.74) is 0. The molecule has 0 aliphatic carbocycles. The Balaban J connectivity index is -0.0000000480. The number of rotatable bonds is 1. The Hall–Kier alpha value is 1.94. The van der Waals surface area contributed by atoms with Gasteiger partial charge in [0.1, 0.15) is 0 Å². The van der Waals surface area contributed by atoms with Gasteiger partial charge in [-0.05, 0) is 6.47 Å². The third-order valence-electron chi connectivity index (χ3n) is 0.0373. The molecule has 0 amide bonds. The molecule has 0 aromatic carbocycles. The van der Waals surface area contributed by atoms with Crippen LogP contribution in [-0.2, 0) is 32.3 Å². The van der Waals surface area contributed by atoms with Crippen molar-refractivity contribution in [2.24, 2.45) is 0 Å². The summed E-state index contributed by atoms with van der Waals surface area (Å²) in [6.45, 7) is 0.736. The first-order valence-electron chi connectivity index (χ1n) is 0.720. The molecule has 0 unspecified atom stereocenters. The van der Waals surface area contributed by atoms with E-state index in [4.69, 9.17) is 13.5 Å². The Morgan fingerprint density at radius 3 is 1.71 bits per heavy atom. The summed E-state index contributed by atoms with van der Waals surface area (Å²) in [6, 6.07) is 0. The molecule has 0 spiro atoms. The summed E-state index contributed by atoms with van der Waals surface area (Å²) in [5.74, 6) is 0. The molecule has 0 saturated heterocycles. The van der Waals surface area contributed by atoms with Crippen molar-refractivity contribution in [1.29, 1.82) is 0 Å². The molecule has 0 aliphatic heterocycles. The molecule has 0 aromatic rings. The minimum atomic E-state index is 0. The Kier molecular flexibility index (Phi) is 56.2. The van der Waals surface area contributed by atoms with Gasteiger partial charge in [-0.3, -0.25) is 0 Å². The maximum absolute atomic E-state index is 8.58. The molecule has 0 heterocycles. The second kappa shape index (κ2) is 24.6. The average Bonchev–Trinajstić information content (AvgIpc) is 1.72. The van der Waals surface area contributed by atoms with E-state index < -0.39 is 0 Å². The summed E-state index contributed by atoms with van der Waals surface area (Å²) in [6.07, 6.45) is 0. The van der Waals surface area contributed by atoms with E-state index >= 15 is 0 Å². The van der Waals surface area contributed by atoms with Crippen LogP contribution in [-0.4, -0.2) is 80.6 Å². The summed E-state index contributed by atoms with van der Waals surface area (Å²) in [4.78, 5) is 11.3. The van der Waals surface area contributed by atoms with Gasteiger partial charge in [0.15, 0.2) is 0 Å². The molecule has 0 bridgehead atoms. The van der Waals surface area contributed by atoms with E-state index in [1.807, 2.05) is 0 Å². The molecular weight excluding hydrogens is 315 g/mol. The van der Waals surface area contributed by atoms with Gasteiger partial charge >= 0.3 is 22.6 Å². The van der Waals surface area contributed by atoms with E-state index in [1.54, 1.807) is 0 Å². The monoisotopic (exact) mass is 316 g/mol. The first-order valence-corrected chi connectivity index (χ1v) is 1.35. The van der Waals surface area contributed by atoms with Crippen molar-refractivity contribution >= 4 is 75.4 Å². The second-order valence-corrected chi connectivity index (χ2v) is 0.175. The zero-order valence-electron chi connectivity index (χ0n) is 3.49. The molecule has 41 valence electrons. The third kappa shape index (κ3) is 32.4. The topological polar surface area (TPSA) is 63.6 Å². The number of hydrogen-bond acceptors (Lipinski definition) is 4. The van der Waals surface area contributed by atoms with Gasteiger partial charge in [0.05, 0.1) is 0 Å². The van der Waals surface area contributed by atoms with Crippen molar-refractivity contribution in [3.05, 3.63) is 0 Å². The number of carbonyl (C=O) groups excluding carboxylic acids is 1. The molecule has 1 radical (unpaired) electrons. The van der Waals surface area contributed by atoms with Crippen LogP contribution in [0.2, 0.25) is 0 Å². The van der Waals surface area contributed by atoms with Crippen LogP contribution in [0.3, 0.4) is 0 Å². The van der Waals surface area contributed by atoms with E-state index in [9.17, 15) is 0 Å². The zero-order valence-corrected chi connectivity index (χ0v) is 11.3. The van der Waals surface area contributed by atoms with Crippen molar-refractivity contribution in [2.45, 2.75) is 0 Å². The van der Waals surface area contributed by atoms with E-state index in [0.717, 1.165) is 6.47 Å². The van der Waals surface area contributed by atoms with Crippen molar-refractivity contribution in [1.82, 2.24) is 0 Å². The molecule has 0 fully saturated rings. The van der Waals surface area contributed by atoms with Gasteiger partial charge in [0.25, 0.3) is 0 Å². The van der Waals surface area contributed by atoms with Crippen molar-refractivity contribution < 1.29 is 37.6 Å². The van der Waals surface area contributed by atoms with Gasteiger partial charge in [-0.1, -0.05) is 0 Å². The van der Waals surface area contributed by atoms with Gasteiger partial charge in [-0.15, -0.1) is 0 Å². The van der Waals surface area contributed by atoms with Crippen LogP contribution >= 0.6 is 0 Å². The van der Waals surface area contributed by atoms with Crippen LogP contribution in [0, 0.1) is 0 Å². The van der Waals surface area contributed by atoms with E-state index in [1.165, 1.54) is 19.2 Å². The Labute approximate surface area is 110 Å². The Morgan fingerprint density at radius 1 is 1.57 bits per heavy atom. The molecule has 0 atom stereocenters.